The summed E-state index contributed by atoms with van der Waals surface area (Å²) in [4.78, 5) is 16.8. The van der Waals surface area contributed by atoms with E-state index in [0.717, 1.165) is 56.3 Å². The molecule has 0 spiro atoms. The number of hydrogen-bond donors (Lipinski definition) is 1. The summed E-state index contributed by atoms with van der Waals surface area (Å²) >= 11 is 1.83. The second kappa shape index (κ2) is 6.52. The Hall–Kier alpha value is -2.18. The van der Waals surface area contributed by atoms with E-state index in [9.17, 15) is 0 Å². The third kappa shape index (κ3) is 2.73. The fourth-order valence-electron chi connectivity index (χ4n) is 4.08. The lowest BCUT2D eigenvalue weighted by Gasteiger charge is -2.37. The second-order valence-corrected chi connectivity index (χ2v) is 8.20. The summed E-state index contributed by atoms with van der Waals surface area (Å²) in [6.45, 7) is 8.24. The minimum atomic E-state index is 0.969. The van der Waals surface area contributed by atoms with Crippen LogP contribution in [0.25, 0.3) is 10.2 Å². The van der Waals surface area contributed by atoms with Crippen molar-refractivity contribution in [2.24, 2.45) is 0 Å². The molecule has 0 unspecified atom stereocenters. The van der Waals surface area contributed by atoms with Gasteiger partial charge in [-0.05, 0) is 43.1 Å². The molecule has 5 rings (SSSR count). The van der Waals surface area contributed by atoms with Gasteiger partial charge in [0.05, 0.1) is 5.39 Å². The number of aryl methyl sites for hydroxylation is 1. The van der Waals surface area contributed by atoms with E-state index in [1.807, 2.05) is 11.3 Å². The van der Waals surface area contributed by atoms with Crippen molar-refractivity contribution in [3.63, 3.8) is 0 Å². The van der Waals surface area contributed by atoms with Crippen LogP contribution in [0.15, 0.2) is 30.6 Å². The Morgan fingerprint density at radius 2 is 1.92 bits per heavy atom. The monoisotopic (exact) mass is 365 g/mol. The van der Waals surface area contributed by atoms with Crippen LogP contribution < -0.4 is 15.1 Å². The zero-order chi connectivity index (χ0) is 17.5. The summed E-state index contributed by atoms with van der Waals surface area (Å²) < 4.78 is 0. The van der Waals surface area contributed by atoms with E-state index in [1.165, 1.54) is 27.1 Å². The Bertz CT molecular complexity index is 943. The molecule has 0 aliphatic carbocycles. The largest absolute Gasteiger partial charge is 0.368 e. The number of anilines is 2. The zero-order valence-electron chi connectivity index (χ0n) is 15.0. The van der Waals surface area contributed by atoms with Crippen molar-refractivity contribution in [2.75, 3.05) is 42.5 Å². The molecule has 1 fully saturated rings. The standard InChI is InChI=1S/C20H23N5S/c1-14-3-2-4-15(11-14)24-7-9-25(10-8-24)19-18-16-5-6-21-12-17(16)26-20(18)23-13-22-19/h2-4,11,13,21H,5-10,12H2,1H3. The molecule has 2 aliphatic heterocycles. The molecule has 2 aliphatic rings. The zero-order valence-corrected chi connectivity index (χ0v) is 15.9. The molecule has 1 saturated heterocycles. The van der Waals surface area contributed by atoms with Crippen LogP contribution >= 0.6 is 11.3 Å². The SMILES string of the molecule is Cc1cccc(N2CCN(c3ncnc4sc5c(c34)CCNC5)CC2)c1. The lowest BCUT2D eigenvalue weighted by Crippen LogP contribution is -2.47. The van der Waals surface area contributed by atoms with Crippen LogP contribution in [0.3, 0.4) is 0 Å². The van der Waals surface area contributed by atoms with Gasteiger partial charge < -0.3 is 15.1 Å². The van der Waals surface area contributed by atoms with Crippen molar-refractivity contribution in [1.29, 1.82) is 0 Å². The maximum atomic E-state index is 4.71. The van der Waals surface area contributed by atoms with E-state index in [0.29, 0.717) is 0 Å². The predicted molar refractivity (Wildman–Crippen MR) is 108 cm³/mol. The second-order valence-electron chi connectivity index (χ2n) is 7.12. The third-order valence-electron chi connectivity index (χ3n) is 5.43. The van der Waals surface area contributed by atoms with Gasteiger partial charge in [-0.25, -0.2) is 9.97 Å². The molecule has 0 atom stereocenters. The molecule has 1 aromatic carbocycles. The molecule has 1 N–H and O–H groups in total. The highest BCUT2D eigenvalue weighted by Crippen LogP contribution is 2.37. The fourth-order valence-corrected chi connectivity index (χ4v) is 5.23. The van der Waals surface area contributed by atoms with Crippen molar-refractivity contribution < 1.29 is 0 Å². The first-order valence-corrected chi connectivity index (χ1v) is 10.1. The van der Waals surface area contributed by atoms with Gasteiger partial charge in [-0.15, -0.1) is 11.3 Å². The average Bonchev–Trinajstić information content (AvgIpc) is 3.07. The molecule has 134 valence electrons. The molecular weight excluding hydrogens is 342 g/mol. The smallest absolute Gasteiger partial charge is 0.141 e. The van der Waals surface area contributed by atoms with Gasteiger partial charge in [0.2, 0.25) is 0 Å². The third-order valence-corrected chi connectivity index (χ3v) is 6.57. The lowest BCUT2D eigenvalue weighted by molar-refractivity contribution is 0.645. The number of nitrogens with one attached hydrogen (secondary N) is 1. The topological polar surface area (TPSA) is 44.3 Å². The highest BCUT2D eigenvalue weighted by Gasteiger charge is 2.25. The van der Waals surface area contributed by atoms with Crippen LogP contribution in [-0.2, 0) is 13.0 Å². The molecular formula is C20H23N5S. The highest BCUT2D eigenvalue weighted by atomic mass is 32.1. The van der Waals surface area contributed by atoms with Gasteiger partial charge in [0.15, 0.2) is 0 Å². The van der Waals surface area contributed by atoms with E-state index >= 15 is 0 Å². The van der Waals surface area contributed by atoms with Gasteiger partial charge in [-0.2, -0.15) is 0 Å². The lowest BCUT2D eigenvalue weighted by atomic mass is 10.1. The Morgan fingerprint density at radius 1 is 1.08 bits per heavy atom. The number of hydrogen-bond acceptors (Lipinski definition) is 6. The number of rotatable bonds is 2. The first-order valence-electron chi connectivity index (χ1n) is 9.32. The minimum Gasteiger partial charge on any atom is -0.368 e. The quantitative estimate of drug-likeness (QED) is 0.756. The Kier molecular flexibility index (Phi) is 4.02. The van der Waals surface area contributed by atoms with Crippen LogP contribution in [0.4, 0.5) is 11.5 Å². The van der Waals surface area contributed by atoms with Crippen LogP contribution in [-0.4, -0.2) is 42.7 Å². The van der Waals surface area contributed by atoms with Crippen molar-refractivity contribution >= 4 is 33.1 Å². The number of thiophene rings is 1. The number of nitrogens with zero attached hydrogens (tertiary/aromatic N) is 4. The number of benzene rings is 1. The van der Waals surface area contributed by atoms with Crippen molar-refractivity contribution in [3.05, 3.63) is 46.6 Å². The maximum absolute atomic E-state index is 4.71. The van der Waals surface area contributed by atoms with Crippen LogP contribution in [0, 0.1) is 6.92 Å². The van der Waals surface area contributed by atoms with Gasteiger partial charge in [0, 0.05) is 43.3 Å². The normalized spacial score (nSPS) is 17.6. The molecule has 0 saturated carbocycles. The number of aromatic nitrogens is 2. The number of fused-ring (bicyclic) bond motifs is 3. The van der Waals surface area contributed by atoms with Crippen LogP contribution in [0.2, 0.25) is 0 Å². The van der Waals surface area contributed by atoms with Crippen molar-refractivity contribution in [1.82, 2.24) is 15.3 Å². The van der Waals surface area contributed by atoms with Gasteiger partial charge in [0.1, 0.15) is 17.0 Å². The fraction of sp³-hybridized carbons (Fsp3) is 0.400. The van der Waals surface area contributed by atoms with E-state index < -0.39 is 0 Å². The minimum absolute atomic E-state index is 0.969. The predicted octanol–water partition coefficient (Wildman–Crippen LogP) is 2.97. The van der Waals surface area contributed by atoms with E-state index in [1.54, 1.807) is 6.33 Å². The summed E-state index contributed by atoms with van der Waals surface area (Å²) in [6, 6.07) is 8.80. The Morgan fingerprint density at radius 3 is 2.77 bits per heavy atom. The molecule has 5 nitrogen and oxygen atoms in total. The molecule has 26 heavy (non-hydrogen) atoms. The Balaban J connectivity index is 1.42. The van der Waals surface area contributed by atoms with E-state index in [-0.39, 0.29) is 0 Å². The summed E-state index contributed by atoms with van der Waals surface area (Å²) in [5, 5.41) is 4.78. The summed E-state index contributed by atoms with van der Waals surface area (Å²) in [5.41, 5.74) is 4.12. The maximum Gasteiger partial charge on any atom is 0.141 e. The van der Waals surface area contributed by atoms with Gasteiger partial charge >= 0.3 is 0 Å². The Labute approximate surface area is 157 Å². The highest BCUT2D eigenvalue weighted by molar-refractivity contribution is 7.19. The average molecular weight is 366 g/mol. The molecule has 3 aromatic rings. The van der Waals surface area contributed by atoms with E-state index in [4.69, 9.17) is 4.98 Å². The van der Waals surface area contributed by atoms with Gasteiger partial charge in [0.25, 0.3) is 0 Å². The molecule has 4 heterocycles. The van der Waals surface area contributed by atoms with Crippen LogP contribution in [0.5, 0.6) is 0 Å². The summed E-state index contributed by atoms with van der Waals surface area (Å²) in [6.07, 6.45) is 2.82. The molecule has 0 bridgehead atoms. The first kappa shape index (κ1) is 16.0. The van der Waals surface area contributed by atoms with Crippen molar-refractivity contribution in [2.45, 2.75) is 19.9 Å². The van der Waals surface area contributed by atoms with Gasteiger partial charge in [-0.3, -0.25) is 0 Å². The molecule has 2 aromatic heterocycles. The number of piperazine rings is 1. The molecule has 6 heteroatoms. The summed E-state index contributed by atoms with van der Waals surface area (Å²) in [5.74, 6) is 1.14. The molecule has 0 radical (unpaired) electrons. The first-order chi connectivity index (χ1) is 12.8. The van der Waals surface area contributed by atoms with E-state index in [2.05, 4.69) is 51.3 Å². The van der Waals surface area contributed by atoms with Crippen molar-refractivity contribution in [3.8, 4) is 0 Å². The summed E-state index contributed by atoms with van der Waals surface area (Å²) in [7, 11) is 0. The van der Waals surface area contributed by atoms with Gasteiger partial charge in [-0.1, -0.05) is 12.1 Å². The molecule has 0 amide bonds. The van der Waals surface area contributed by atoms with Crippen LogP contribution in [0.1, 0.15) is 16.0 Å².